The lowest BCUT2D eigenvalue weighted by molar-refractivity contribution is 0.475. The monoisotopic (exact) mass is 333 g/mol. The number of phenolic OH excluding ortho intramolecular Hbond substituents is 1. The normalized spacial score (nSPS) is 17.8. The Morgan fingerprint density at radius 2 is 1.88 bits per heavy atom. The van der Waals surface area contributed by atoms with Gasteiger partial charge in [-0.15, -0.1) is 0 Å². The number of rotatable bonds is 3. The lowest BCUT2D eigenvalue weighted by Gasteiger charge is -2.27. The maximum absolute atomic E-state index is 9.44. The third-order valence-electron chi connectivity index (χ3n) is 5.03. The van der Waals surface area contributed by atoms with Gasteiger partial charge in [-0.2, -0.15) is 0 Å². The van der Waals surface area contributed by atoms with E-state index in [1.165, 1.54) is 24.0 Å². The Labute approximate surface area is 145 Å². The van der Waals surface area contributed by atoms with Crippen LogP contribution in [0.15, 0.2) is 43.0 Å². The van der Waals surface area contributed by atoms with Gasteiger partial charge in [0.2, 0.25) is 0 Å². The molecule has 0 bridgehead atoms. The molecule has 3 aromatic rings. The highest BCUT2D eigenvalue weighted by Gasteiger charge is 2.27. The van der Waals surface area contributed by atoms with E-state index >= 15 is 0 Å². The molecule has 1 N–H and O–H groups in total. The molecule has 1 fully saturated rings. The molecule has 2 aromatic heterocycles. The van der Waals surface area contributed by atoms with Crippen LogP contribution in [0.2, 0.25) is 0 Å². The average molecular weight is 333 g/mol. The van der Waals surface area contributed by atoms with Crippen LogP contribution in [0.3, 0.4) is 0 Å². The van der Waals surface area contributed by atoms with Crippen LogP contribution in [0.25, 0.3) is 16.7 Å². The molecule has 1 aliphatic carbocycles. The topological polar surface area (TPSA) is 67.1 Å². The minimum atomic E-state index is 0.302. The SMILES string of the molecule is Oc1ccc(C2=CCN(c3ncnc4c3ncn4C3CC3)CC2)cc1. The van der Waals surface area contributed by atoms with Crippen molar-refractivity contribution < 1.29 is 5.11 Å². The number of aromatic nitrogens is 4. The summed E-state index contributed by atoms with van der Waals surface area (Å²) in [6.45, 7) is 1.70. The summed E-state index contributed by atoms with van der Waals surface area (Å²) in [5, 5.41) is 9.44. The van der Waals surface area contributed by atoms with Gasteiger partial charge in [-0.25, -0.2) is 15.0 Å². The number of anilines is 1. The van der Waals surface area contributed by atoms with Crippen LogP contribution in [0, 0.1) is 0 Å². The minimum absolute atomic E-state index is 0.302. The molecule has 0 unspecified atom stereocenters. The Morgan fingerprint density at radius 3 is 2.60 bits per heavy atom. The molecule has 3 heterocycles. The van der Waals surface area contributed by atoms with E-state index in [1.54, 1.807) is 18.5 Å². The third kappa shape index (κ3) is 2.54. The van der Waals surface area contributed by atoms with Crippen LogP contribution in [0.5, 0.6) is 5.75 Å². The Balaban J connectivity index is 1.43. The van der Waals surface area contributed by atoms with Crippen LogP contribution in [-0.2, 0) is 0 Å². The first kappa shape index (κ1) is 14.5. The zero-order valence-electron chi connectivity index (χ0n) is 13.8. The highest BCUT2D eigenvalue weighted by Crippen LogP contribution is 2.37. The van der Waals surface area contributed by atoms with Crippen LogP contribution in [0.4, 0.5) is 5.82 Å². The fourth-order valence-electron chi connectivity index (χ4n) is 3.49. The van der Waals surface area contributed by atoms with E-state index in [-0.39, 0.29) is 0 Å². The van der Waals surface area contributed by atoms with E-state index in [1.807, 2.05) is 18.5 Å². The molecule has 0 radical (unpaired) electrons. The van der Waals surface area contributed by atoms with Crippen LogP contribution >= 0.6 is 0 Å². The molecular weight excluding hydrogens is 314 g/mol. The summed E-state index contributed by atoms with van der Waals surface area (Å²) in [5.74, 6) is 1.22. The fraction of sp³-hybridized carbons (Fsp3) is 0.316. The first-order valence-electron chi connectivity index (χ1n) is 8.70. The molecule has 0 spiro atoms. The molecule has 1 aliphatic heterocycles. The summed E-state index contributed by atoms with van der Waals surface area (Å²) in [6.07, 6.45) is 9.17. The number of fused-ring (bicyclic) bond motifs is 1. The zero-order valence-corrected chi connectivity index (χ0v) is 13.8. The van der Waals surface area contributed by atoms with E-state index < -0.39 is 0 Å². The summed E-state index contributed by atoms with van der Waals surface area (Å²) in [6, 6.07) is 7.98. The highest BCUT2D eigenvalue weighted by atomic mass is 16.3. The van der Waals surface area contributed by atoms with Gasteiger partial charge < -0.3 is 14.6 Å². The minimum Gasteiger partial charge on any atom is -0.508 e. The molecular formula is C19H19N5O. The quantitative estimate of drug-likeness (QED) is 0.797. The number of nitrogens with zero attached hydrogens (tertiary/aromatic N) is 5. The second-order valence-corrected chi connectivity index (χ2v) is 6.72. The molecule has 5 rings (SSSR count). The van der Waals surface area contributed by atoms with Crippen molar-refractivity contribution in [3.05, 3.63) is 48.6 Å². The van der Waals surface area contributed by atoms with Gasteiger partial charge in [0.05, 0.1) is 6.33 Å². The molecule has 0 saturated heterocycles. The summed E-state index contributed by atoms with van der Waals surface area (Å²) >= 11 is 0. The van der Waals surface area contributed by atoms with Gasteiger partial charge in [0.15, 0.2) is 17.0 Å². The standard InChI is InChI=1S/C19H19N5O/c25-16-5-1-13(2-6-16)14-7-9-23(10-8-14)18-17-19(21-11-20-18)24(12-22-17)15-3-4-15/h1-2,5-7,11-12,15,25H,3-4,8-10H2. The van der Waals surface area contributed by atoms with Crippen molar-refractivity contribution >= 4 is 22.6 Å². The molecule has 1 saturated carbocycles. The molecule has 2 aliphatic rings. The van der Waals surface area contributed by atoms with Gasteiger partial charge in [0, 0.05) is 19.1 Å². The van der Waals surface area contributed by atoms with Crippen molar-refractivity contribution in [1.29, 1.82) is 0 Å². The van der Waals surface area contributed by atoms with Crippen molar-refractivity contribution in [3.63, 3.8) is 0 Å². The third-order valence-corrected chi connectivity index (χ3v) is 5.03. The highest BCUT2D eigenvalue weighted by molar-refractivity contribution is 5.84. The molecule has 1 aromatic carbocycles. The Kier molecular flexibility index (Phi) is 3.23. The summed E-state index contributed by atoms with van der Waals surface area (Å²) < 4.78 is 2.18. The van der Waals surface area contributed by atoms with E-state index in [9.17, 15) is 5.11 Å². The number of phenols is 1. The summed E-state index contributed by atoms with van der Waals surface area (Å²) in [5.41, 5.74) is 4.32. The molecule has 6 heteroatoms. The Morgan fingerprint density at radius 1 is 1.04 bits per heavy atom. The fourth-order valence-corrected chi connectivity index (χ4v) is 3.49. The van der Waals surface area contributed by atoms with Crippen molar-refractivity contribution in [2.75, 3.05) is 18.0 Å². The molecule has 0 amide bonds. The predicted molar refractivity (Wildman–Crippen MR) is 96.5 cm³/mol. The van der Waals surface area contributed by atoms with Gasteiger partial charge in [-0.3, -0.25) is 0 Å². The van der Waals surface area contributed by atoms with Gasteiger partial charge in [-0.05, 0) is 42.5 Å². The molecule has 6 nitrogen and oxygen atoms in total. The smallest absolute Gasteiger partial charge is 0.165 e. The van der Waals surface area contributed by atoms with Gasteiger partial charge in [-0.1, -0.05) is 18.2 Å². The maximum Gasteiger partial charge on any atom is 0.165 e. The second-order valence-electron chi connectivity index (χ2n) is 6.72. The van der Waals surface area contributed by atoms with Gasteiger partial charge in [0.25, 0.3) is 0 Å². The first-order valence-corrected chi connectivity index (χ1v) is 8.70. The number of imidazole rings is 1. The van der Waals surface area contributed by atoms with E-state index in [0.29, 0.717) is 11.8 Å². The number of hydrogen-bond acceptors (Lipinski definition) is 5. The van der Waals surface area contributed by atoms with Crippen LogP contribution < -0.4 is 4.90 Å². The molecule has 25 heavy (non-hydrogen) atoms. The average Bonchev–Trinajstić information content (AvgIpc) is 3.41. The largest absolute Gasteiger partial charge is 0.508 e. The van der Waals surface area contributed by atoms with Gasteiger partial charge >= 0.3 is 0 Å². The Hall–Kier alpha value is -2.89. The lowest BCUT2D eigenvalue weighted by Crippen LogP contribution is -2.29. The van der Waals surface area contributed by atoms with Crippen LogP contribution in [0.1, 0.15) is 30.9 Å². The van der Waals surface area contributed by atoms with E-state index in [0.717, 1.165) is 36.5 Å². The number of benzene rings is 1. The summed E-state index contributed by atoms with van der Waals surface area (Å²) in [7, 11) is 0. The molecule has 0 atom stereocenters. The predicted octanol–water partition coefficient (Wildman–Crippen LogP) is 3.16. The molecule has 126 valence electrons. The van der Waals surface area contributed by atoms with E-state index in [2.05, 4.69) is 30.5 Å². The summed E-state index contributed by atoms with van der Waals surface area (Å²) in [4.78, 5) is 15.8. The lowest BCUT2D eigenvalue weighted by atomic mass is 9.99. The number of aromatic hydroxyl groups is 1. The van der Waals surface area contributed by atoms with Crippen molar-refractivity contribution in [2.45, 2.75) is 25.3 Å². The first-order chi connectivity index (χ1) is 12.3. The Bertz CT molecular complexity index is 956. The van der Waals surface area contributed by atoms with Crippen molar-refractivity contribution in [3.8, 4) is 5.75 Å². The zero-order chi connectivity index (χ0) is 16.8. The van der Waals surface area contributed by atoms with Gasteiger partial charge in [0.1, 0.15) is 12.1 Å². The van der Waals surface area contributed by atoms with Crippen LogP contribution in [-0.4, -0.2) is 37.7 Å². The maximum atomic E-state index is 9.44. The van der Waals surface area contributed by atoms with Crippen molar-refractivity contribution in [2.24, 2.45) is 0 Å². The van der Waals surface area contributed by atoms with E-state index in [4.69, 9.17) is 0 Å². The second kappa shape index (κ2) is 5.58. The number of hydrogen-bond donors (Lipinski definition) is 1. The van der Waals surface area contributed by atoms with Crippen molar-refractivity contribution in [1.82, 2.24) is 19.5 Å².